The van der Waals surface area contributed by atoms with Crippen LogP contribution < -0.4 is 10.5 Å². The molecule has 6 heteroatoms. The zero-order valence-electron chi connectivity index (χ0n) is 11.7. The topological polar surface area (TPSA) is 88.2 Å². The van der Waals surface area contributed by atoms with E-state index in [2.05, 4.69) is 5.16 Å². The van der Waals surface area contributed by atoms with Crippen LogP contribution in [0, 0.1) is 5.92 Å². The first kappa shape index (κ1) is 13.7. The van der Waals surface area contributed by atoms with Crippen LogP contribution in [0.5, 0.6) is 5.75 Å². The molecular weight excluding hydrogens is 270 g/mol. The maximum absolute atomic E-state index is 12.6. The van der Waals surface area contributed by atoms with E-state index in [1.165, 1.54) is 0 Å². The molecule has 1 amide bonds. The van der Waals surface area contributed by atoms with Gasteiger partial charge in [-0.05, 0) is 18.9 Å². The Balaban J connectivity index is 1.66. The molecule has 0 saturated carbocycles. The second-order valence-corrected chi connectivity index (χ2v) is 5.53. The minimum atomic E-state index is -0.207. The van der Waals surface area contributed by atoms with Crippen LogP contribution in [0.2, 0.25) is 0 Å². The van der Waals surface area contributed by atoms with Crippen molar-refractivity contribution in [1.82, 2.24) is 4.90 Å². The van der Waals surface area contributed by atoms with E-state index in [4.69, 9.17) is 15.7 Å². The van der Waals surface area contributed by atoms with Gasteiger partial charge in [-0.2, -0.15) is 0 Å². The Hall–Kier alpha value is -2.24. The van der Waals surface area contributed by atoms with E-state index in [0.717, 1.165) is 24.2 Å². The van der Waals surface area contributed by atoms with Gasteiger partial charge in [0.05, 0.1) is 0 Å². The van der Waals surface area contributed by atoms with Crippen molar-refractivity contribution in [2.75, 3.05) is 19.7 Å². The third-order valence-electron chi connectivity index (χ3n) is 4.34. The van der Waals surface area contributed by atoms with Crippen molar-refractivity contribution in [2.24, 2.45) is 16.8 Å². The second-order valence-electron chi connectivity index (χ2n) is 5.53. The Morgan fingerprint density at radius 3 is 2.76 bits per heavy atom. The highest BCUT2D eigenvalue weighted by Gasteiger charge is 2.35. The summed E-state index contributed by atoms with van der Waals surface area (Å²) in [6.45, 7) is 1.69. The number of oxime groups is 1. The van der Waals surface area contributed by atoms with Crippen LogP contribution in [0.15, 0.2) is 29.4 Å². The number of hydrogen-bond donors (Lipinski definition) is 2. The Morgan fingerprint density at radius 2 is 2.05 bits per heavy atom. The van der Waals surface area contributed by atoms with Crippen LogP contribution in [0.1, 0.15) is 24.3 Å². The molecule has 1 saturated heterocycles. The van der Waals surface area contributed by atoms with Crippen molar-refractivity contribution >= 4 is 11.7 Å². The fourth-order valence-electron chi connectivity index (χ4n) is 3.06. The van der Waals surface area contributed by atoms with Gasteiger partial charge in [0.2, 0.25) is 5.91 Å². The molecule has 21 heavy (non-hydrogen) atoms. The van der Waals surface area contributed by atoms with Gasteiger partial charge in [-0.15, -0.1) is 0 Å². The maximum Gasteiger partial charge on any atom is 0.233 e. The molecule has 1 atom stereocenters. The number of ether oxygens (including phenoxy) is 1. The van der Waals surface area contributed by atoms with Crippen LogP contribution in [0.3, 0.4) is 0 Å². The Morgan fingerprint density at radius 1 is 1.33 bits per heavy atom. The van der Waals surface area contributed by atoms with Gasteiger partial charge in [0.25, 0.3) is 0 Å². The first-order valence-corrected chi connectivity index (χ1v) is 7.18. The highest BCUT2D eigenvalue weighted by Crippen LogP contribution is 2.35. The van der Waals surface area contributed by atoms with Crippen molar-refractivity contribution in [3.05, 3.63) is 29.8 Å². The average molecular weight is 289 g/mol. The number of nitrogens with two attached hydrogens (primary N) is 1. The normalized spacial score (nSPS) is 22.8. The highest BCUT2D eigenvalue weighted by molar-refractivity contribution is 5.86. The van der Waals surface area contributed by atoms with Gasteiger partial charge in [0, 0.05) is 24.6 Å². The van der Waals surface area contributed by atoms with Crippen molar-refractivity contribution in [3.8, 4) is 5.75 Å². The zero-order valence-corrected chi connectivity index (χ0v) is 11.7. The number of piperidine rings is 1. The molecule has 0 aliphatic carbocycles. The number of hydrogen-bond acceptors (Lipinski definition) is 4. The molecule has 1 fully saturated rings. The van der Waals surface area contributed by atoms with Crippen LogP contribution in [-0.4, -0.2) is 41.5 Å². The summed E-state index contributed by atoms with van der Waals surface area (Å²) >= 11 is 0. The van der Waals surface area contributed by atoms with E-state index in [0.29, 0.717) is 19.7 Å². The van der Waals surface area contributed by atoms with E-state index in [1.807, 2.05) is 29.2 Å². The van der Waals surface area contributed by atoms with Crippen molar-refractivity contribution in [2.45, 2.75) is 18.8 Å². The van der Waals surface area contributed by atoms with E-state index in [-0.39, 0.29) is 23.6 Å². The number of amidine groups is 1. The number of rotatable bonds is 2. The van der Waals surface area contributed by atoms with Crippen LogP contribution in [0.4, 0.5) is 0 Å². The summed E-state index contributed by atoms with van der Waals surface area (Å²) < 4.78 is 5.58. The molecule has 2 aliphatic heterocycles. The third kappa shape index (κ3) is 2.53. The molecule has 0 radical (unpaired) electrons. The van der Waals surface area contributed by atoms with Crippen molar-refractivity contribution in [3.63, 3.8) is 0 Å². The number of carbonyl (C=O) groups excluding carboxylic acids is 1. The lowest BCUT2D eigenvalue weighted by atomic mass is 9.93. The largest absolute Gasteiger partial charge is 0.492 e. The van der Waals surface area contributed by atoms with Crippen LogP contribution in [-0.2, 0) is 4.79 Å². The molecule has 0 aromatic heterocycles. The van der Waals surface area contributed by atoms with E-state index in [9.17, 15) is 4.79 Å². The smallest absolute Gasteiger partial charge is 0.233 e. The summed E-state index contributed by atoms with van der Waals surface area (Å²) in [6, 6.07) is 7.69. The number of fused-ring (bicyclic) bond motifs is 1. The first-order chi connectivity index (χ1) is 10.2. The fraction of sp³-hybridized carbons (Fsp3) is 0.467. The van der Waals surface area contributed by atoms with Gasteiger partial charge in [-0.3, -0.25) is 4.79 Å². The molecule has 1 aromatic rings. The summed E-state index contributed by atoms with van der Waals surface area (Å²) in [4.78, 5) is 14.5. The lowest BCUT2D eigenvalue weighted by Crippen LogP contribution is -2.44. The lowest BCUT2D eigenvalue weighted by molar-refractivity contribution is -0.134. The summed E-state index contributed by atoms with van der Waals surface area (Å²) in [5.41, 5.74) is 6.60. The van der Waals surface area contributed by atoms with E-state index in [1.54, 1.807) is 0 Å². The molecule has 3 rings (SSSR count). The van der Waals surface area contributed by atoms with Gasteiger partial charge in [-0.25, -0.2) is 0 Å². The quantitative estimate of drug-likeness (QED) is 0.370. The number of benzene rings is 1. The monoisotopic (exact) mass is 289 g/mol. The third-order valence-corrected chi connectivity index (χ3v) is 4.34. The van der Waals surface area contributed by atoms with Crippen LogP contribution in [0.25, 0.3) is 0 Å². The van der Waals surface area contributed by atoms with Gasteiger partial charge in [0.1, 0.15) is 24.1 Å². The first-order valence-electron chi connectivity index (χ1n) is 7.18. The fourth-order valence-corrected chi connectivity index (χ4v) is 3.06. The summed E-state index contributed by atoms with van der Waals surface area (Å²) in [7, 11) is 0. The van der Waals surface area contributed by atoms with E-state index < -0.39 is 0 Å². The molecule has 1 unspecified atom stereocenters. The van der Waals surface area contributed by atoms with Gasteiger partial charge >= 0.3 is 0 Å². The average Bonchev–Trinajstić information content (AvgIpc) is 2.97. The number of nitrogens with zero attached hydrogens (tertiary/aromatic N) is 2. The van der Waals surface area contributed by atoms with E-state index >= 15 is 0 Å². The van der Waals surface area contributed by atoms with Crippen LogP contribution >= 0.6 is 0 Å². The number of carbonyl (C=O) groups is 1. The Labute approximate surface area is 123 Å². The molecule has 2 heterocycles. The van der Waals surface area contributed by atoms with Crippen molar-refractivity contribution < 1.29 is 14.7 Å². The Kier molecular flexibility index (Phi) is 3.68. The minimum Gasteiger partial charge on any atom is -0.492 e. The number of likely N-dealkylation sites (tertiary alicyclic amines) is 1. The second kappa shape index (κ2) is 5.63. The standard InChI is InChI=1S/C15H19N3O3/c16-14(17-20)10-5-7-18(8-6-10)15(19)12-9-21-13-4-2-1-3-11(12)13/h1-4,10,12,20H,5-9H2,(H2,16,17). The minimum absolute atomic E-state index is 0.0613. The van der Waals surface area contributed by atoms with Gasteiger partial charge in [0.15, 0.2) is 0 Å². The lowest BCUT2D eigenvalue weighted by Gasteiger charge is -2.32. The number of para-hydroxylation sites is 1. The van der Waals surface area contributed by atoms with Crippen molar-refractivity contribution in [1.29, 1.82) is 0 Å². The SMILES string of the molecule is NC(=NO)C1CCN(C(=O)C2COc3ccccc32)CC1. The highest BCUT2D eigenvalue weighted by atomic mass is 16.5. The molecule has 6 nitrogen and oxygen atoms in total. The predicted octanol–water partition coefficient (Wildman–Crippen LogP) is 1.15. The molecule has 1 aromatic carbocycles. The maximum atomic E-state index is 12.6. The van der Waals surface area contributed by atoms with Gasteiger partial charge < -0.3 is 20.6 Å². The summed E-state index contributed by atoms with van der Waals surface area (Å²) in [5, 5.41) is 11.8. The summed E-state index contributed by atoms with van der Waals surface area (Å²) in [5.74, 6) is 1.03. The molecule has 112 valence electrons. The zero-order chi connectivity index (χ0) is 14.8. The molecule has 0 spiro atoms. The Bertz CT molecular complexity index is 565. The van der Waals surface area contributed by atoms with Gasteiger partial charge in [-0.1, -0.05) is 23.4 Å². The molecule has 2 aliphatic rings. The summed E-state index contributed by atoms with van der Waals surface area (Å²) in [6.07, 6.45) is 1.47. The molecule has 3 N–H and O–H groups in total. The molecule has 0 bridgehead atoms. The molecular formula is C15H19N3O3. The predicted molar refractivity (Wildman–Crippen MR) is 77.4 cm³/mol. The number of amides is 1.